The van der Waals surface area contributed by atoms with E-state index in [0.717, 1.165) is 10.9 Å². The van der Waals surface area contributed by atoms with Crippen LogP contribution in [0.2, 0.25) is 0 Å². The maximum Gasteiger partial charge on any atom is 0.163 e. The minimum Gasteiger partial charge on any atom is -0.497 e. The summed E-state index contributed by atoms with van der Waals surface area (Å²) in [6.07, 6.45) is 9.31. The van der Waals surface area contributed by atoms with Crippen molar-refractivity contribution in [3.63, 3.8) is 0 Å². The van der Waals surface area contributed by atoms with Crippen LogP contribution in [0.3, 0.4) is 0 Å². The second kappa shape index (κ2) is 6.00. The second-order valence-corrected chi connectivity index (χ2v) is 5.72. The average Bonchev–Trinajstić information content (AvgIpc) is 2.60. The highest BCUT2D eigenvalue weighted by Crippen LogP contribution is 2.40. The minimum absolute atomic E-state index is 0.0277. The number of rotatable bonds is 4. The quantitative estimate of drug-likeness (QED) is 0.865. The van der Waals surface area contributed by atoms with E-state index in [4.69, 9.17) is 9.47 Å². The van der Waals surface area contributed by atoms with Gasteiger partial charge in [0.25, 0.3) is 0 Å². The van der Waals surface area contributed by atoms with Crippen LogP contribution in [0.25, 0.3) is 10.9 Å². The van der Waals surface area contributed by atoms with Gasteiger partial charge in [0, 0.05) is 36.5 Å². The van der Waals surface area contributed by atoms with Crippen molar-refractivity contribution in [3.05, 3.63) is 54.4 Å². The number of likely N-dealkylation sites (N-methyl/N-ethyl adjacent to an activating group) is 1. The lowest BCUT2D eigenvalue weighted by Gasteiger charge is -2.39. The summed E-state index contributed by atoms with van der Waals surface area (Å²) < 4.78 is 10.8. The number of fused-ring (bicyclic) bond motifs is 1. The summed E-state index contributed by atoms with van der Waals surface area (Å²) in [6.45, 7) is 1.60. The molecule has 24 heavy (non-hydrogen) atoms. The first kappa shape index (κ1) is 16.1. The maximum atomic E-state index is 12.7. The van der Waals surface area contributed by atoms with Gasteiger partial charge in [-0.15, -0.1) is 0 Å². The van der Waals surface area contributed by atoms with E-state index in [-0.39, 0.29) is 5.78 Å². The number of ketones is 1. The summed E-state index contributed by atoms with van der Waals surface area (Å²) in [7, 11) is 5.09. The number of allylic oxidation sites excluding steroid dienone is 2. The number of hydrogen-bond acceptors (Lipinski definition) is 5. The summed E-state index contributed by atoms with van der Waals surface area (Å²) in [5.74, 6) is 1.30. The number of ether oxygens (including phenoxy) is 2. The molecule has 3 rings (SSSR count). The van der Waals surface area contributed by atoms with Gasteiger partial charge in [-0.1, -0.05) is 6.08 Å². The Balaban J connectivity index is 2.39. The van der Waals surface area contributed by atoms with Crippen LogP contribution < -0.4 is 9.47 Å². The standard InChI is InChI=1S/C19H20N2O3/c1-13(22)19(8-5-6-10-21(19)2)16-7-9-20-18-15(16)11-14(23-3)12-17(18)24-4/h5-12H,1-4H3. The summed E-state index contributed by atoms with van der Waals surface area (Å²) in [5.41, 5.74) is 0.668. The Labute approximate surface area is 141 Å². The molecule has 5 nitrogen and oxygen atoms in total. The topological polar surface area (TPSA) is 51.7 Å². The Morgan fingerprint density at radius 2 is 2.00 bits per heavy atom. The number of pyridine rings is 1. The fourth-order valence-corrected chi connectivity index (χ4v) is 3.25. The molecule has 2 heterocycles. The molecule has 1 aromatic carbocycles. The van der Waals surface area contributed by atoms with Gasteiger partial charge in [-0.3, -0.25) is 9.78 Å². The van der Waals surface area contributed by atoms with E-state index in [9.17, 15) is 4.79 Å². The molecular formula is C19H20N2O3. The van der Waals surface area contributed by atoms with Crippen LogP contribution in [0.1, 0.15) is 12.5 Å². The molecule has 0 saturated carbocycles. The molecule has 1 atom stereocenters. The predicted octanol–water partition coefficient (Wildman–Crippen LogP) is 3.05. The third-order valence-corrected chi connectivity index (χ3v) is 4.50. The first-order chi connectivity index (χ1) is 11.5. The predicted molar refractivity (Wildman–Crippen MR) is 93.2 cm³/mol. The third-order valence-electron chi connectivity index (χ3n) is 4.50. The number of methoxy groups -OCH3 is 2. The van der Waals surface area contributed by atoms with Crippen molar-refractivity contribution in [2.24, 2.45) is 0 Å². The first-order valence-electron chi connectivity index (χ1n) is 7.66. The van der Waals surface area contributed by atoms with Gasteiger partial charge in [0.15, 0.2) is 5.78 Å². The molecule has 0 fully saturated rings. The van der Waals surface area contributed by atoms with Crippen LogP contribution >= 0.6 is 0 Å². The normalized spacial score (nSPS) is 19.6. The molecule has 124 valence electrons. The van der Waals surface area contributed by atoms with E-state index in [1.165, 1.54) is 0 Å². The molecule has 0 amide bonds. The lowest BCUT2D eigenvalue weighted by molar-refractivity contribution is -0.124. The van der Waals surface area contributed by atoms with E-state index in [1.807, 2.05) is 48.5 Å². The highest BCUT2D eigenvalue weighted by atomic mass is 16.5. The molecule has 0 spiro atoms. The molecule has 0 radical (unpaired) electrons. The van der Waals surface area contributed by atoms with Crippen molar-refractivity contribution >= 4 is 16.7 Å². The molecule has 1 aromatic heterocycles. The lowest BCUT2D eigenvalue weighted by Crippen LogP contribution is -2.46. The Morgan fingerprint density at radius 3 is 2.62 bits per heavy atom. The molecule has 1 aliphatic rings. The van der Waals surface area contributed by atoms with Crippen molar-refractivity contribution in [3.8, 4) is 11.5 Å². The lowest BCUT2D eigenvalue weighted by atomic mass is 9.81. The molecule has 1 unspecified atom stereocenters. The monoisotopic (exact) mass is 324 g/mol. The summed E-state index contributed by atoms with van der Waals surface area (Å²) in [4.78, 5) is 19.0. The fraction of sp³-hybridized carbons (Fsp3) is 0.263. The van der Waals surface area contributed by atoms with Crippen LogP contribution in [-0.2, 0) is 10.3 Å². The van der Waals surface area contributed by atoms with Gasteiger partial charge in [0.2, 0.25) is 0 Å². The highest BCUT2D eigenvalue weighted by molar-refractivity contribution is 5.98. The average molecular weight is 324 g/mol. The number of benzene rings is 1. The zero-order chi connectivity index (χ0) is 17.3. The highest BCUT2D eigenvalue weighted by Gasteiger charge is 2.40. The van der Waals surface area contributed by atoms with Crippen molar-refractivity contribution < 1.29 is 14.3 Å². The van der Waals surface area contributed by atoms with Gasteiger partial charge < -0.3 is 14.4 Å². The van der Waals surface area contributed by atoms with E-state index < -0.39 is 5.54 Å². The van der Waals surface area contributed by atoms with Gasteiger partial charge in [0.1, 0.15) is 22.6 Å². The van der Waals surface area contributed by atoms with E-state index in [1.54, 1.807) is 33.4 Å². The zero-order valence-electron chi connectivity index (χ0n) is 14.2. The fourth-order valence-electron chi connectivity index (χ4n) is 3.25. The second-order valence-electron chi connectivity index (χ2n) is 5.72. The first-order valence-corrected chi connectivity index (χ1v) is 7.66. The SMILES string of the molecule is COc1cc(OC)c2nccc(C3(C(C)=O)C=CC=CN3C)c2c1. The Bertz CT molecular complexity index is 857. The number of carbonyl (C=O) groups is 1. The van der Waals surface area contributed by atoms with E-state index >= 15 is 0 Å². The Hall–Kier alpha value is -2.82. The Morgan fingerprint density at radius 1 is 1.21 bits per heavy atom. The molecule has 0 saturated heterocycles. The van der Waals surface area contributed by atoms with E-state index in [2.05, 4.69) is 4.98 Å². The van der Waals surface area contributed by atoms with Crippen LogP contribution in [0.5, 0.6) is 11.5 Å². The minimum atomic E-state index is -0.882. The third kappa shape index (κ3) is 2.24. The molecule has 0 aliphatic carbocycles. The summed E-state index contributed by atoms with van der Waals surface area (Å²) >= 11 is 0. The van der Waals surface area contributed by atoms with E-state index in [0.29, 0.717) is 17.0 Å². The van der Waals surface area contributed by atoms with Gasteiger partial charge in [-0.2, -0.15) is 0 Å². The molecule has 0 bridgehead atoms. The van der Waals surface area contributed by atoms with Crippen molar-refractivity contribution in [1.82, 2.24) is 9.88 Å². The molecular weight excluding hydrogens is 304 g/mol. The van der Waals surface area contributed by atoms with Gasteiger partial charge in [0.05, 0.1) is 14.2 Å². The van der Waals surface area contributed by atoms with Gasteiger partial charge in [-0.05, 0) is 31.2 Å². The number of Topliss-reactive ketones (excluding diaryl/α,β-unsaturated/α-hetero) is 1. The summed E-state index contributed by atoms with van der Waals surface area (Å²) in [5, 5.41) is 0.829. The van der Waals surface area contributed by atoms with Crippen molar-refractivity contribution in [1.29, 1.82) is 0 Å². The molecule has 2 aromatic rings. The smallest absolute Gasteiger partial charge is 0.163 e. The van der Waals surface area contributed by atoms with Crippen molar-refractivity contribution in [2.75, 3.05) is 21.3 Å². The Kier molecular flexibility index (Phi) is 4.01. The molecule has 1 aliphatic heterocycles. The van der Waals surface area contributed by atoms with Crippen LogP contribution in [0.15, 0.2) is 48.8 Å². The molecule has 0 N–H and O–H groups in total. The largest absolute Gasteiger partial charge is 0.497 e. The van der Waals surface area contributed by atoms with Gasteiger partial charge >= 0.3 is 0 Å². The summed E-state index contributed by atoms with van der Waals surface area (Å²) in [6, 6.07) is 5.56. The number of aromatic nitrogens is 1. The number of nitrogens with zero attached hydrogens (tertiary/aromatic N) is 2. The maximum absolute atomic E-state index is 12.7. The van der Waals surface area contributed by atoms with Crippen LogP contribution in [0.4, 0.5) is 0 Å². The van der Waals surface area contributed by atoms with Crippen LogP contribution in [0, 0.1) is 0 Å². The van der Waals surface area contributed by atoms with Gasteiger partial charge in [-0.25, -0.2) is 0 Å². The van der Waals surface area contributed by atoms with Crippen LogP contribution in [-0.4, -0.2) is 36.9 Å². The zero-order valence-corrected chi connectivity index (χ0v) is 14.2. The number of hydrogen-bond donors (Lipinski definition) is 0. The van der Waals surface area contributed by atoms with Crippen molar-refractivity contribution in [2.45, 2.75) is 12.5 Å². The number of carbonyl (C=O) groups excluding carboxylic acids is 1. The molecule has 5 heteroatoms.